The molecule has 20 heavy (non-hydrogen) atoms. The number of unbranched alkanes of at least 4 members (excludes halogenated alkanes) is 2. The molecule has 1 aliphatic rings. The van der Waals surface area contributed by atoms with Gasteiger partial charge >= 0.3 is 5.97 Å². The Kier molecular flexibility index (Phi) is 6.53. The highest BCUT2D eigenvalue weighted by Gasteiger charge is 2.50. The molecule has 0 heterocycles. The molecule has 0 spiro atoms. The molecule has 0 aromatic rings. The molecular formula is C15H24ClNO3. The highest BCUT2D eigenvalue weighted by atomic mass is 35.5. The number of alkyl halides is 1. The molecule has 1 N–H and O–H groups in total. The number of hydrogen-bond acceptors (Lipinski definition) is 3. The molecule has 1 saturated carbocycles. The number of carbonyl (C=O) groups excluding carboxylic acids is 2. The summed E-state index contributed by atoms with van der Waals surface area (Å²) < 4.78 is 4.97. The molecule has 5 heteroatoms. The zero-order valence-corrected chi connectivity index (χ0v) is 13.3. The molecule has 0 aromatic heterocycles. The van der Waals surface area contributed by atoms with E-state index < -0.39 is 5.97 Å². The summed E-state index contributed by atoms with van der Waals surface area (Å²) in [6.45, 7) is 6.13. The molecule has 0 bridgehead atoms. The number of halogens is 1. The lowest BCUT2D eigenvalue weighted by Crippen LogP contribution is -2.30. The number of ether oxygens (including phenoxy) is 1. The van der Waals surface area contributed by atoms with Crippen LogP contribution in [-0.4, -0.2) is 24.4 Å². The summed E-state index contributed by atoms with van der Waals surface area (Å²) in [6.07, 6.45) is 5.07. The van der Waals surface area contributed by atoms with Crippen molar-refractivity contribution in [2.24, 2.45) is 11.3 Å². The first-order valence-electron chi connectivity index (χ1n) is 7.16. The van der Waals surface area contributed by atoms with Gasteiger partial charge in [0.05, 0.1) is 6.61 Å². The first-order valence-corrected chi connectivity index (χ1v) is 7.70. The number of amides is 1. The van der Waals surface area contributed by atoms with Gasteiger partial charge in [-0.1, -0.05) is 19.9 Å². The molecule has 0 saturated heterocycles. The van der Waals surface area contributed by atoms with Crippen molar-refractivity contribution in [2.45, 2.75) is 46.5 Å². The van der Waals surface area contributed by atoms with Gasteiger partial charge in [-0.2, -0.15) is 0 Å². The van der Waals surface area contributed by atoms with Gasteiger partial charge in [0.15, 0.2) is 0 Å². The number of rotatable bonds is 8. The molecule has 0 radical (unpaired) electrons. The second-order valence-corrected chi connectivity index (χ2v) is 6.14. The fourth-order valence-corrected chi connectivity index (χ4v) is 2.20. The minimum Gasteiger partial charge on any atom is -0.461 e. The SMILES string of the molecule is CCOC(=O)/C(=C/CCCCCl)NC(=O)[C@H]1CC1(C)C. The van der Waals surface area contributed by atoms with Crippen molar-refractivity contribution >= 4 is 23.5 Å². The van der Waals surface area contributed by atoms with Crippen LogP contribution in [-0.2, 0) is 14.3 Å². The third-order valence-corrected chi connectivity index (χ3v) is 3.79. The van der Waals surface area contributed by atoms with E-state index in [1.165, 1.54) is 0 Å². The third-order valence-electron chi connectivity index (χ3n) is 3.52. The predicted molar refractivity (Wildman–Crippen MR) is 79.3 cm³/mol. The van der Waals surface area contributed by atoms with E-state index in [2.05, 4.69) is 5.32 Å². The Hall–Kier alpha value is -1.03. The minimum absolute atomic E-state index is 0.0110. The monoisotopic (exact) mass is 301 g/mol. The standard InChI is InChI=1S/C15H24ClNO3/c1-4-20-14(19)12(8-6-5-7-9-16)17-13(18)11-10-15(11,2)3/h8,11H,4-7,9-10H2,1-3H3,(H,17,18)/b12-8-/t11-/m1/s1. The quantitative estimate of drug-likeness (QED) is 0.324. The van der Waals surface area contributed by atoms with Crippen LogP contribution >= 0.6 is 11.6 Å². The van der Waals surface area contributed by atoms with Crippen molar-refractivity contribution < 1.29 is 14.3 Å². The van der Waals surface area contributed by atoms with Gasteiger partial charge in [-0.05, 0) is 38.0 Å². The second kappa shape index (κ2) is 7.67. The lowest BCUT2D eigenvalue weighted by Gasteiger charge is -2.10. The van der Waals surface area contributed by atoms with Gasteiger partial charge in [-0.25, -0.2) is 4.79 Å². The molecule has 0 aromatic carbocycles. The topological polar surface area (TPSA) is 55.4 Å². The average molecular weight is 302 g/mol. The molecular weight excluding hydrogens is 278 g/mol. The Morgan fingerprint density at radius 2 is 2.05 bits per heavy atom. The Morgan fingerprint density at radius 3 is 2.55 bits per heavy atom. The number of nitrogens with one attached hydrogen (secondary N) is 1. The largest absolute Gasteiger partial charge is 0.461 e. The van der Waals surface area contributed by atoms with Crippen LogP contribution in [0.1, 0.15) is 46.5 Å². The Bertz CT molecular complexity index is 391. The predicted octanol–water partition coefficient (Wildman–Crippen LogP) is 3.00. The van der Waals surface area contributed by atoms with Crippen molar-refractivity contribution in [2.75, 3.05) is 12.5 Å². The summed E-state index contributed by atoms with van der Waals surface area (Å²) in [4.78, 5) is 23.9. The molecule has 1 fully saturated rings. The van der Waals surface area contributed by atoms with Crippen molar-refractivity contribution in [1.82, 2.24) is 5.32 Å². The molecule has 1 atom stereocenters. The molecule has 114 valence electrons. The average Bonchev–Trinajstić information content (AvgIpc) is 3.02. The van der Waals surface area contributed by atoms with Crippen molar-refractivity contribution in [3.63, 3.8) is 0 Å². The van der Waals surface area contributed by atoms with Gasteiger partial charge in [0.25, 0.3) is 0 Å². The van der Waals surface area contributed by atoms with Crippen LogP contribution in [0, 0.1) is 11.3 Å². The maximum Gasteiger partial charge on any atom is 0.354 e. The first-order chi connectivity index (χ1) is 9.42. The van der Waals surface area contributed by atoms with Gasteiger partial charge in [0, 0.05) is 11.8 Å². The molecule has 1 rings (SSSR count). The lowest BCUT2D eigenvalue weighted by molar-refractivity contribution is -0.140. The Morgan fingerprint density at radius 1 is 1.40 bits per heavy atom. The number of esters is 1. The van der Waals surface area contributed by atoms with Gasteiger partial charge in [-0.3, -0.25) is 4.79 Å². The van der Waals surface area contributed by atoms with Crippen LogP contribution in [0.15, 0.2) is 11.8 Å². The van der Waals surface area contributed by atoms with Crippen LogP contribution in [0.2, 0.25) is 0 Å². The van der Waals surface area contributed by atoms with Gasteiger partial charge in [0.1, 0.15) is 5.70 Å². The van der Waals surface area contributed by atoms with Gasteiger partial charge in [0.2, 0.25) is 5.91 Å². The van der Waals surface area contributed by atoms with E-state index in [0.717, 1.165) is 19.3 Å². The fraction of sp³-hybridized carbons (Fsp3) is 0.733. The lowest BCUT2D eigenvalue weighted by atomic mass is 10.1. The molecule has 0 unspecified atom stereocenters. The zero-order chi connectivity index (χ0) is 15.2. The molecule has 4 nitrogen and oxygen atoms in total. The minimum atomic E-state index is -0.467. The van der Waals surface area contributed by atoms with E-state index in [1.54, 1.807) is 13.0 Å². The van der Waals surface area contributed by atoms with E-state index in [-0.39, 0.29) is 22.9 Å². The summed E-state index contributed by atoms with van der Waals surface area (Å²) in [6, 6.07) is 0. The summed E-state index contributed by atoms with van der Waals surface area (Å²) in [7, 11) is 0. The smallest absolute Gasteiger partial charge is 0.354 e. The number of hydrogen-bond donors (Lipinski definition) is 1. The van der Waals surface area contributed by atoms with E-state index in [4.69, 9.17) is 16.3 Å². The van der Waals surface area contributed by atoms with Crippen LogP contribution < -0.4 is 5.32 Å². The summed E-state index contributed by atoms with van der Waals surface area (Å²) in [5, 5.41) is 2.71. The van der Waals surface area contributed by atoms with E-state index in [0.29, 0.717) is 18.9 Å². The van der Waals surface area contributed by atoms with Crippen LogP contribution in [0.3, 0.4) is 0 Å². The first kappa shape index (κ1) is 17.0. The second-order valence-electron chi connectivity index (χ2n) is 5.76. The summed E-state index contributed by atoms with van der Waals surface area (Å²) >= 11 is 5.61. The Balaban J connectivity index is 2.58. The number of allylic oxidation sites excluding steroid dienone is 1. The highest BCUT2D eigenvalue weighted by molar-refractivity contribution is 6.17. The highest BCUT2D eigenvalue weighted by Crippen LogP contribution is 2.51. The van der Waals surface area contributed by atoms with E-state index >= 15 is 0 Å². The molecule has 1 amide bonds. The number of carbonyl (C=O) groups is 2. The molecule has 1 aliphatic carbocycles. The van der Waals surface area contributed by atoms with Crippen molar-refractivity contribution in [3.8, 4) is 0 Å². The normalized spacial score (nSPS) is 20.4. The van der Waals surface area contributed by atoms with Crippen LogP contribution in [0.25, 0.3) is 0 Å². The summed E-state index contributed by atoms with van der Waals surface area (Å²) in [5.74, 6) is 0.0329. The third kappa shape index (κ3) is 5.16. The van der Waals surface area contributed by atoms with Crippen molar-refractivity contribution in [3.05, 3.63) is 11.8 Å². The summed E-state index contributed by atoms with van der Waals surface area (Å²) in [5.41, 5.74) is 0.303. The van der Waals surface area contributed by atoms with Gasteiger partial charge in [-0.15, -0.1) is 11.6 Å². The molecule has 0 aliphatic heterocycles. The van der Waals surface area contributed by atoms with Gasteiger partial charge < -0.3 is 10.1 Å². The van der Waals surface area contributed by atoms with E-state index in [1.807, 2.05) is 13.8 Å². The zero-order valence-electron chi connectivity index (χ0n) is 12.5. The Labute approximate surface area is 125 Å². The maximum atomic E-state index is 12.0. The van der Waals surface area contributed by atoms with Crippen LogP contribution in [0.4, 0.5) is 0 Å². The van der Waals surface area contributed by atoms with E-state index in [9.17, 15) is 9.59 Å². The van der Waals surface area contributed by atoms with Crippen LogP contribution in [0.5, 0.6) is 0 Å². The maximum absolute atomic E-state index is 12.0. The van der Waals surface area contributed by atoms with Crippen molar-refractivity contribution in [1.29, 1.82) is 0 Å². The fourth-order valence-electron chi connectivity index (χ4n) is 2.01.